The minimum absolute atomic E-state index is 0.0219. The van der Waals surface area contributed by atoms with Crippen molar-refractivity contribution >= 4 is 0 Å². The van der Waals surface area contributed by atoms with E-state index in [2.05, 4.69) is 15.2 Å². The molecule has 0 spiro atoms. The smallest absolute Gasteiger partial charge is 0.229 e. The Morgan fingerprint density at radius 2 is 2.42 bits per heavy atom. The van der Waals surface area contributed by atoms with Gasteiger partial charge in [-0.2, -0.15) is 10.1 Å². The fourth-order valence-corrected chi connectivity index (χ4v) is 1.09. The molecule has 2 rings (SSSR count). The fraction of sp³-hybridized carbons (Fsp3) is 0.143. The predicted octanol–water partition coefficient (Wildman–Crippen LogP) is 0.516. The van der Waals surface area contributed by atoms with Gasteiger partial charge in [0.2, 0.25) is 5.88 Å². The van der Waals surface area contributed by atoms with Gasteiger partial charge in [0.1, 0.15) is 5.82 Å². The molecule has 2 aromatic rings. The topological polar surface area (TPSA) is 66.7 Å². The van der Waals surface area contributed by atoms with Gasteiger partial charge in [-0.15, -0.1) is 0 Å². The van der Waals surface area contributed by atoms with E-state index < -0.39 is 0 Å². The minimum atomic E-state index is 0.0219. The first kappa shape index (κ1) is 6.90. The van der Waals surface area contributed by atoms with Gasteiger partial charge in [0.25, 0.3) is 0 Å². The van der Waals surface area contributed by atoms with Gasteiger partial charge in [-0.25, -0.2) is 0 Å². The van der Waals surface area contributed by atoms with E-state index in [1.165, 1.54) is 0 Å². The highest BCUT2D eigenvalue weighted by molar-refractivity contribution is 5.53. The second kappa shape index (κ2) is 2.37. The van der Waals surface area contributed by atoms with E-state index in [0.717, 1.165) is 5.56 Å². The Bertz CT molecular complexity index is 376. The molecule has 12 heavy (non-hydrogen) atoms. The third kappa shape index (κ3) is 0.952. The number of hydrogen-bond donors (Lipinski definition) is 2. The van der Waals surface area contributed by atoms with Gasteiger partial charge in [-0.3, -0.25) is 5.10 Å². The number of nitrogens with zero attached hydrogens (tertiary/aromatic N) is 3. The maximum absolute atomic E-state index is 9.07. The number of H-pyrrole nitrogens is 1. The third-order valence-corrected chi connectivity index (χ3v) is 1.62. The van der Waals surface area contributed by atoms with Crippen LogP contribution in [0.3, 0.4) is 0 Å². The predicted molar refractivity (Wildman–Crippen MR) is 42.5 cm³/mol. The maximum Gasteiger partial charge on any atom is 0.229 e. The lowest BCUT2D eigenvalue weighted by molar-refractivity contribution is 0.456. The highest BCUT2D eigenvalue weighted by Gasteiger charge is 2.06. The third-order valence-electron chi connectivity index (χ3n) is 1.62. The van der Waals surface area contributed by atoms with Crippen molar-refractivity contribution in [1.82, 2.24) is 19.7 Å². The summed E-state index contributed by atoms with van der Waals surface area (Å²) >= 11 is 0. The molecule has 62 valence electrons. The molecule has 0 aliphatic rings. The Kier molecular flexibility index (Phi) is 1.36. The highest BCUT2D eigenvalue weighted by atomic mass is 16.3. The molecule has 0 aromatic carbocycles. The van der Waals surface area contributed by atoms with Crippen LogP contribution in [-0.2, 0) is 7.05 Å². The molecule has 0 fully saturated rings. The van der Waals surface area contributed by atoms with Gasteiger partial charge in [0.05, 0.1) is 18.0 Å². The summed E-state index contributed by atoms with van der Waals surface area (Å²) in [4.78, 5) is 3.91. The first-order valence-corrected chi connectivity index (χ1v) is 3.49. The van der Waals surface area contributed by atoms with Crippen LogP contribution in [0.15, 0.2) is 18.6 Å². The molecule has 2 aromatic heterocycles. The van der Waals surface area contributed by atoms with Crippen LogP contribution >= 0.6 is 0 Å². The SMILES string of the molecule is Cn1cc(O)nc1-c1cn[nH]c1. The summed E-state index contributed by atoms with van der Waals surface area (Å²) in [5.41, 5.74) is 0.859. The Labute approximate surface area is 68.7 Å². The highest BCUT2D eigenvalue weighted by Crippen LogP contribution is 2.18. The van der Waals surface area contributed by atoms with Crippen LogP contribution in [-0.4, -0.2) is 24.9 Å². The van der Waals surface area contributed by atoms with Gasteiger partial charge in [-0.05, 0) is 0 Å². The number of aryl methyl sites for hydroxylation is 1. The Morgan fingerprint density at radius 1 is 1.58 bits per heavy atom. The zero-order valence-corrected chi connectivity index (χ0v) is 6.52. The number of hydrogen-bond acceptors (Lipinski definition) is 3. The van der Waals surface area contributed by atoms with Crippen molar-refractivity contribution in [1.29, 1.82) is 0 Å². The molecule has 0 aliphatic heterocycles. The Balaban J connectivity index is 2.54. The van der Waals surface area contributed by atoms with E-state index in [4.69, 9.17) is 5.11 Å². The van der Waals surface area contributed by atoms with Gasteiger partial charge in [0, 0.05) is 13.2 Å². The van der Waals surface area contributed by atoms with Crippen LogP contribution in [0, 0.1) is 0 Å². The first-order chi connectivity index (χ1) is 5.77. The molecule has 2 heterocycles. The fourth-order valence-electron chi connectivity index (χ4n) is 1.09. The molecular formula is C7H8N4O. The summed E-state index contributed by atoms with van der Waals surface area (Å²) < 4.78 is 1.74. The van der Waals surface area contributed by atoms with Crippen LogP contribution in [0.1, 0.15) is 0 Å². The van der Waals surface area contributed by atoms with Gasteiger partial charge in [0.15, 0.2) is 0 Å². The molecule has 0 aliphatic carbocycles. The van der Waals surface area contributed by atoms with E-state index in [1.54, 1.807) is 23.2 Å². The standard InChI is InChI=1S/C7H8N4O/c1-11-4-6(12)10-7(11)5-2-8-9-3-5/h2-4,12H,1H3,(H,8,9). The molecule has 2 N–H and O–H groups in total. The average Bonchev–Trinajstić information content (AvgIpc) is 2.58. The lowest BCUT2D eigenvalue weighted by Gasteiger charge is -1.94. The quantitative estimate of drug-likeness (QED) is 0.645. The molecule has 0 unspecified atom stereocenters. The van der Waals surface area contributed by atoms with E-state index in [9.17, 15) is 0 Å². The Morgan fingerprint density at radius 3 is 2.92 bits per heavy atom. The van der Waals surface area contributed by atoms with Crippen LogP contribution in [0.5, 0.6) is 5.88 Å². The summed E-state index contributed by atoms with van der Waals surface area (Å²) in [6.45, 7) is 0. The lowest BCUT2D eigenvalue weighted by Crippen LogP contribution is -1.88. The van der Waals surface area contributed by atoms with E-state index >= 15 is 0 Å². The second-order valence-electron chi connectivity index (χ2n) is 2.52. The van der Waals surface area contributed by atoms with Gasteiger partial charge < -0.3 is 9.67 Å². The Hall–Kier alpha value is -1.78. The number of rotatable bonds is 1. The second-order valence-corrected chi connectivity index (χ2v) is 2.52. The van der Waals surface area contributed by atoms with Crippen LogP contribution in [0.4, 0.5) is 0 Å². The zero-order chi connectivity index (χ0) is 8.55. The van der Waals surface area contributed by atoms with Crippen LogP contribution in [0.2, 0.25) is 0 Å². The van der Waals surface area contributed by atoms with Crippen molar-refractivity contribution in [3.63, 3.8) is 0 Å². The summed E-state index contributed by atoms with van der Waals surface area (Å²) in [7, 11) is 1.81. The van der Waals surface area contributed by atoms with Crippen molar-refractivity contribution in [2.45, 2.75) is 0 Å². The number of aromatic nitrogens is 4. The average molecular weight is 164 g/mol. The van der Waals surface area contributed by atoms with Crippen LogP contribution in [0.25, 0.3) is 11.4 Å². The number of nitrogens with one attached hydrogen (secondary N) is 1. The van der Waals surface area contributed by atoms with E-state index in [-0.39, 0.29) is 5.88 Å². The number of aromatic hydroxyl groups is 1. The molecule has 0 saturated heterocycles. The summed E-state index contributed by atoms with van der Waals surface area (Å²) in [6.07, 6.45) is 4.92. The minimum Gasteiger partial charge on any atom is -0.492 e. The first-order valence-electron chi connectivity index (χ1n) is 3.49. The van der Waals surface area contributed by atoms with Gasteiger partial charge in [-0.1, -0.05) is 0 Å². The monoisotopic (exact) mass is 164 g/mol. The van der Waals surface area contributed by atoms with Gasteiger partial charge >= 0.3 is 0 Å². The van der Waals surface area contributed by atoms with E-state index in [1.807, 2.05) is 7.05 Å². The molecule has 5 nitrogen and oxygen atoms in total. The summed E-state index contributed by atoms with van der Waals surface area (Å²) in [6, 6.07) is 0. The largest absolute Gasteiger partial charge is 0.492 e. The van der Waals surface area contributed by atoms with Crippen molar-refractivity contribution in [3.8, 4) is 17.3 Å². The van der Waals surface area contributed by atoms with Crippen molar-refractivity contribution in [2.75, 3.05) is 0 Å². The van der Waals surface area contributed by atoms with E-state index in [0.29, 0.717) is 5.82 Å². The summed E-state index contributed by atoms with van der Waals surface area (Å²) in [5.74, 6) is 0.718. The molecule has 5 heteroatoms. The normalized spacial score (nSPS) is 10.4. The molecule has 0 amide bonds. The molecular weight excluding hydrogens is 156 g/mol. The molecule has 0 radical (unpaired) electrons. The zero-order valence-electron chi connectivity index (χ0n) is 6.52. The summed E-state index contributed by atoms with van der Waals surface area (Å²) in [5, 5.41) is 15.5. The van der Waals surface area contributed by atoms with Crippen molar-refractivity contribution in [3.05, 3.63) is 18.6 Å². The number of aromatic amines is 1. The molecule has 0 bridgehead atoms. The number of imidazole rings is 1. The molecule has 0 saturated carbocycles. The lowest BCUT2D eigenvalue weighted by atomic mass is 10.3. The maximum atomic E-state index is 9.07. The molecule has 0 atom stereocenters. The van der Waals surface area contributed by atoms with Crippen molar-refractivity contribution < 1.29 is 5.11 Å². The van der Waals surface area contributed by atoms with Crippen LogP contribution < -0.4 is 0 Å². The van der Waals surface area contributed by atoms with Crippen molar-refractivity contribution in [2.24, 2.45) is 7.05 Å².